The Bertz CT molecular complexity index is 568. The van der Waals surface area contributed by atoms with E-state index in [4.69, 9.17) is 16.0 Å². The zero-order valence-corrected chi connectivity index (χ0v) is 8.32. The largest absolute Gasteiger partial charge is 0.472 e. The van der Waals surface area contributed by atoms with Gasteiger partial charge >= 0.3 is 5.69 Å². The van der Waals surface area contributed by atoms with Crippen LogP contribution < -0.4 is 11.2 Å². The normalized spacial score (nSPS) is 10.5. The van der Waals surface area contributed by atoms with Gasteiger partial charge in [-0.15, -0.1) is 0 Å². The quantitative estimate of drug-likeness (QED) is 0.825. The van der Waals surface area contributed by atoms with Crippen LogP contribution in [-0.4, -0.2) is 9.55 Å². The summed E-state index contributed by atoms with van der Waals surface area (Å²) >= 11 is 5.60. The van der Waals surface area contributed by atoms with Gasteiger partial charge < -0.3 is 4.42 Å². The Morgan fingerprint density at radius 1 is 1.47 bits per heavy atom. The third-order valence-corrected chi connectivity index (χ3v) is 2.17. The molecule has 0 saturated heterocycles. The van der Waals surface area contributed by atoms with Crippen LogP contribution >= 0.6 is 11.6 Å². The number of aromatic nitrogens is 2. The minimum absolute atomic E-state index is 0.0157. The number of nitrogens with one attached hydrogen (secondary N) is 1. The number of furan rings is 1. The Morgan fingerprint density at radius 2 is 2.27 bits per heavy atom. The fourth-order valence-electron chi connectivity index (χ4n) is 1.18. The molecule has 0 atom stereocenters. The SMILES string of the molecule is O=c1[nH]c(=O)n(Cc2ccoc2)cc1Cl. The van der Waals surface area contributed by atoms with E-state index in [1.54, 1.807) is 6.07 Å². The number of halogens is 1. The molecule has 2 heterocycles. The maximum absolute atomic E-state index is 11.3. The van der Waals surface area contributed by atoms with Crippen molar-refractivity contribution in [2.24, 2.45) is 0 Å². The Labute approximate surface area is 88.9 Å². The highest BCUT2D eigenvalue weighted by Crippen LogP contribution is 2.03. The molecule has 0 aliphatic rings. The monoisotopic (exact) mass is 226 g/mol. The van der Waals surface area contributed by atoms with Crippen LogP contribution in [0.15, 0.2) is 38.8 Å². The highest BCUT2D eigenvalue weighted by Gasteiger charge is 2.03. The molecule has 2 aromatic rings. The van der Waals surface area contributed by atoms with Crippen molar-refractivity contribution in [3.05, 3.63) is 56.2 Å². The second-order valence-corrected chi connectivity index (χ2v) is 3.40. The van der Waals surface area contributed by atoms with Crippen LogP contribution in [-0.2, 0) is 6.54 Å². The first kappa shape index (κ1) is 9.79. The van der Waals surface area contributed by atoms with Gasteiger partial charge in [0.15, 0.2) is 0 Å². The summed E-state index contributed by atoms with van der Waals surface area (Å²) < 4.78 is 6.16. The molecule has 6 heteroatoms. The summed E-state index contributed by atoms with van der Waals surface area (Å²) in [7, 11) is 0. The van der Waals surface area contributed by atoms with Crippen LogP contribution in [0.25, 0.3) is 0 Å². The lowest BCUT2D eigenvalue weighted by Gasteiger charge is -2.02. The van der Waals surface area contributed by atoms with E-state index in [1.807, 2.05) is 0 Å². The first-order chi connectivity index (χ1) is 7.16. The molecule has 0 spiro atoms. The molecule has 5 nitrogen and oxygen atoms in total. The minimum atomic E-state index is -0.579. The lowest BCUT2D eigenvalue weighted by molar-refractivity contribution is 0.561. The van der Waals surface area contributed by atoms with E-state index in [0.29, 0.717) is 6.54 Å². The summed E-state index contributed by atoms with van der Waals surface area (Å²) in [6, 6.07) is 1.73. The van der Waals surface area contributed by atoms with Crippen LogP contribution in [0.5, 0.6) is 0 Å². The van der Waals surface area contributed by atoms with Gasteiger partial charge in [-0.1, -0.05) is 11.6 Å². The van der Waals surface area contributed by atoms with E-state index in [0.717, 1.165) is 5.56 Å². The lowest BCUT2D eigenvalue weighted by Crippen LogP contribution is -2.29. The highest BCUT2D eigenvalue weighted by molar-refractivity contribution is 6.30. The summed E-state index contributed by atoms with van der Waals surface area (Å²) in [5.41, 5.74) is -0.254. The molecule has 0 aromatic carbocycles. The van der Waals surface area contributed by atoms with Crippen molar-refractivity contribution >= 4 is 11.6 Å². The number of nitrogens with zero attached hydrogens (tertiary/aromatic N) is 1. The fraction of sp³-hybridized carbons (Fsp3) is 0.111. The number of H-pyrrole nitrogens is 1. The Hall–Kier alpha value is -1.75. The molecular formula is C9H7ClN2O3. The molecule has 78 valence electrons. The van der Waals surface area contributed by atoms with Crippen LogP contribution in [0.3, 0.4) is 0 Å². The molecular weight excluding hydrogens is 220 g/mol. The van der Waals surface area contributed by atoms with E-state index in [2.05, 4.69) is 4.98 Å². The summed E-state index contributed by atoms with van der Waals surface area (Å²) in [5, 5.41) is -0.0157. The first-order valence-electron chi connectivity index (χ1n) is 4.17. The van der Waals surface area contributed by atoms with Crippen molar-refractivity contribution in [2.75, 3.05) is 0 Å². The number of aromatic amines is 1. The minimum Gasteiger partial charge on any atom is -0.472 e. The van der Waals surface area contributed by atoms with Crippen LogP contribution in [0.4, 0.5) is 0 Å². The molecule has 0 radical (unpaired) electrons. The maximum atomic E-state index is 11.3. The van der Waals surface area contributed by atoms with E-state index in [-0.39, 0.29) is 5.02 Å². The Morgan fingerprint density at radius 3 is 2.93 bits per heavy atom. The Balaban J connectivity index is 2.42. The zero-order chi connectivity index (χ0) is 10.8. The van der Waals surface area contributed by atoms with Crippen molar-refractivity contribution in [2.45, 2.75) is 6.54 Å². The zero-order valence-electron chi connectivity index (χ0n) is 7.57. The molecule has 0 saturated carbocycles. The molecule has 15 heavy (non-hydrogen) atoms. The third-order valence-electron chi connectivity index (χ3n) is 1.90. The second kappa shape index (κ2) is 3.78. The van der Waals surface area contributed by atoms with Crippen molar-refractivity contribution < 1.29 is 4.42 Å². The Kier molecular flexibility index (Phi) is 2.47. The number of hydrogen-bond donors (Lipinski definition) is 1. The van der Waals surface area contributed by atoms with Gasteiger partial charge in [0, 0.05) is 11.8 Å². The lowest BCUT2D eigenvalue weighted by atomic mass is 10.3. The topological polar surface area (TPSA) is 68.0 Å². The van der Waals surface area contributed by atoms with Gasteiger partial charge in [0.05, 0.1) is 19.1 Å². The summed E-state index contributed by atoms with van der Waals surface area (Å²) in [4.78, 5) is 24.4. The average molecular weight is 227 g/mol. The van der Waals surface area contributed by atoms with E-state index in [9.17, 15) is 9.59 Å². The van der Waals surface area contributed by atoms with Crippen molar-refractivity contribution in [3.8, 4) is 0 Å². The van der Waals surface area contributed by atoms with Crippen molar-refractivity contribution in [3.63, 3.8) is 0 Å². The van der Waals surface area contributed by atoms with Gasteiger partial charge in [0.25, 0.3) is 5.56 Å². The summed E-state index contributed by atoms with van der Waals surface area (Å²) in [5.74, 6) is 0. The molecule has 0 bridgehead atoms. The van der Waals surface area contributed by atoms with Gasteiger partial charge in [-0.2, -0.15) is 0 Å². The highest BCUT2D eigenvalue weighted by atomic mass is 35.5. The number of hydrogen-bond acceptors (Lipinski definition) is 3. The standard InChI is InChI=1S/C9H7ClN2O3/c10-7-4-12(9(14)11-8(7)13)3-6-1-2-15-5-6/h1-2,4-5H,3H2,(H,11,13,14). The van der Waals surface area contributed by atoms with Gasteiger partial charge in [0.1, 0.15) is 5.02 Å². The average Bonchev–Trinajstić information content (AvgIpc) is 2.67. The summed E-state index contributed by atoms with van der Waals surface area (Å²) in [6.45, 7) is 0.311. The van der Waals surface area contributed by atoms with Crippen LogP contribution in [0.2, 0.25) is 5.02 Å². The van der Waals surface area contributed by atoms with Crippen molar-refractivity contribution in [1.82, 2.24) is 9.55 Å². The maximum Gasteiger partial charge on any atom is 0.328 e. The van der Waals surface area contributed by atoms with Gasteiger partial charge in [-0.25, -0.2) is 4.79 Å². The van der Waals surface area contributed by atoms with Gasteiger partial charge in [-0.05, 0) is 6.07 Å². The van der Waals surface area contributed by atoms with Gasteiger partial charge in [0.2, 0.25) is 0 Å². The van der Waals surface area contributed by atoms with E-state index >= 15 is 0 Å². The molecule has 1 N–H and O–H groups in total. The predicted molar refractivity (Wildman–Crippen MR) is 54.1 cm³/mol. The fourth-order valence-corrected chi connectivity index (χ4v) is 1.34. The third kappa shape index (κ3) is 2.02. The molecule has 0 amide bonds. The number of rotatable bonds is 2. The molecule has 2 aromatic heterocycles. The second-order valence-electron chi connectivity index (χ2n) is 3.00. The van der Waals surface area contributed by atoms with E-state index < -0.39 is 11.2 Å². The molecule has 0 fully saturated rings. The smallest absolute Gasteiger partial charge is 0.328 e. The van der Waals surface area contributed by atoms with E-state index in [1.165, 1.54) is 23.3 Å². The molecule has 0 aliphatic heterocycles. The molecule has 0 aliphatic carbocycles. The summed E-state index contributed by atoms with van der Waals surface area (Å²) in [6.07, 6.45) is 4.33. The van der Waals surface area contributed by atoms with Crippen LogP contribution in [0, 0.1) is 0 Å². The van der Waals surface area contributed by atoms with Crippen molar-refractivity contribution in [1.29, 1.82) is 0 Å². The van der Waals surface area contributed by atoms with Crippen LogP contribution in [0.1, 0.15) is 5.56 Å². The molecule has 0 unspecified atom stereocenters. The first-order valence-corrected chi connectivity index (χ1v) is 4.55. The molecule has 2 rings (SSSR count). The van der Waals surface area contributed by atoms with Gasteiger partial charge in [-0.3, -0.25) is 14.3 Å². The predicted octanol–water partition coefficient (Wildman–Crippen LogP) is 0.831.